The van der Waals surface area contributed by atoms with E-state index in [0.717, 1.165) is 18.8 Å². The van der Waals surface area contributed by atoms with Crippen LogP contribution >= 0.6 is 0 Å². The standard InChI is InChI=1S/C20H24N2O3/c1-21(15-9-11-16(12-10-15)22-13-4-5-14-22)20(23)17-7-6-8-18(24-2)19(17)25-3/h6-12H,4-5,13-14H2,1-3H3. The van der Waals surface area contributed by atoms with Gasteiger partial charge in [0.15, 0.2) is 11.5 Å². The summed E-state index contributed by atoms with van der Waals surface area (Å²) >= 11 is 0. The molecule has 3 rings (SSSR count). The fourth-order valence-electron chi connectivity index (χ4n) is 3.22. The van der Waals surface area contributed by atoms with E-state index >= 15 is 0 Å². The van der Waals surface area contributed by atoms with Crippen molar-refractivity contribution in [3.63, 3.8) is 0 Å². The summed E-state index contributed by atoms with van der Waals surface area (Å²) in [4.78, 5) is 16.9. The van der Waals surface area contributed by atoms with E-state index in [-0.39, 0.29) is 5.91 Å². The Morgan fingerprint density at radius 2 is 1.68 bits per heavy atom. The lowest BCUT2D eigenvalue weighted by Gasteiger charge is -2.22. The van der Waals surface area contributed by atoms with E-state index in [1.54, 1.807) is 44.4 Å². The van der Waals surface area contributed by atoms with Crippen LogP contribution in [0.3, 0.4) is 0 Å². The molecule has 0 N–H and O–H groups in total. The lowest BCUT2D eigenvalue weighted by atomic mass is 10.1. The second kappa shape index (κ2) is 7.47. The Morgan fingerprint density at radius 3 is 2.28 bits per heavy atom. The summed E-state index contributed by atoms with van der Waals surface area (Å²) in [6.07, 6.45) is 2.49. The number of hydrogen-bond donors (Lipinski definition) is 0. The van der Waals surface area contributed by atoms with Gasteiger partial charge in [-0.2, -0.15) is 0 Å². The highest BCUT2D eigenvalue weighted by Gasteiger charge is 2.21. The van der Waals surface area contributed by atoms with Gasteiger partial charge < -0.3 is 19.3 Å². The number of methoxy groups -OCH3 is 2. The van der Waals surface area contributed by atoms with Gasteiger partial charge in [0.05, 0.1) is 19.8 Å². The number of rotatable bonds is 5. The molecule has 1 aliphatic rings. The van der Waals surface area contributed by atoms with Gasteiger partial charge in [-0.15, -0.1) is 0 Å². The number of carbonyl (C=O) groups excluding carboxylic acids is 1. The van der Waals surface area contributed by atoms with Crippen LogP contribution in [-0.2, 0) is 0 Å². The molecule has 25 heavy (non-hydrogen) atoms. The molecular formula is C20H24N2O3. The molecule has 1 fully saturated rings. The van der Waals surface area contributed by atoms with E-state index < -0.39 is 0 Å². The molecule has 0 bridgehead atoms. The third-order valence-corrected chi connectivity index (χ3v) is 4.65. The Morgan fingerprint density at radius 1 is 1.00 bits per heavy atom. The third-order valence-electron chi connectivity index (χ3n) is 4.65. The lowest BCUT2D eigenvalue weighted by molar-refractivity contribution is 0.0989. The zero-order chi connectivity index (χ0) is 17.8. The first kappa shape index (κ1) is 17.1. The minimum Gasteiger partial charge on any atom is -0.493 e. The van der Waals surface area contributed by atoms with Gasteiger partial charge in [-0.05, 0) is 49.2 Å². The summed E-state index contributed by atoms with van der Waals surface area (Å²) in [5, 5.41) is 0. The molecule has 0 spiro atoms. The molecule has 0 unspecified atom stereocenters. The minimum atomic E-state index is -0.135. The van der Waals surface area contributed by atoms with Crippen LogP contribution in [0.4, 0.5) is 11.4 Å². The molecule has 132 valence electrons. The monoisotopic (exact) mass is 340 g/mol. The highest BCUT2D eigenvalue weighted by atomic mass is 16.5. The molecule has 0 aliphatic carbocycles. The molecule has 2 aromatic carbocycles. The second-order valence-corrected chi connectivity index (χ2v) is 6.12. The summed E-state index contributed by atoms with van der Waals surface area (Å²) < 4.78 is 10.7. The van der Waals surface area contributed by atoms with Gasteiger partial charge >= 0.3 is 0 Å². The van der Waals surface area contributed by atoms with Crippen molar-refractivity contribution in [1.82, 2.24) is 0 Å². The smallest absolute Gasteiger partial charge is 0.261 e. The summed E-state index contributed by atoms with van der Waals surface area (Å²) in [5.41, 5.74) is 2.53. The van der Waals surface area contributed by atoms with Gasteiger partial charge in [0.1, 0.15) is 0 Å². The van der Waals surface area contributed by atoms with E-state index in [2.05, 4.69) is 17.0 Å². The zero-order valence-electron chi connectivity index (χ0n) is 15.0. The quantitative estimate of drug-likeness (QED) is 0.834. The third kappa shape index (κ3) is 3.40. The molecule has 1 heterocycles. The fraction of sp³-hybridized carbons (Fsp3) is 0.350. The van der Waals surface area contributed by atoms with Gasteiger partial charge in [0.25, 0.3) is 5.91 Å². The zero-order valence-corrected chi connectivity index (χ0v) is 15.0. The average molecular weight is 340 g/mol. The van der Waals surface area contributed by atoms with E-state index in [1.165, 1.54) is 18.5 Å². The highest BCUT2D eigenvalue weighted by Crippen LogP contribution is 2.32. The Kier molecular flexibility index (Phi) is 5.12. The van der Waals surface area contributed by atoms with Crippen molar-refractivity contribution in [3.8, 4) is 11.5 Å². The number of hydrogen-bond acceptors (Lipinski definition) is 4. The summed E-state index contributed by atoms with van der Waals surface area (Å²) in [5.74, 6) is 0.867. The van der Waals surface area contributed by atoms with Gasteiger partial charge in [-0.25, -0.2) is 0 Å². The van der Waals surface area contributed by atoms with Crippen molar-refractivity contribution in [1.29, 1.82) is 0 Å². The van der Waals surface area contributed by atoms with Crippen molar-refractivity contribution < 1.29 is 14.3 Å². The molecule has 5 heteroatoms. The van der Waals surface area contributed by atoms with Crippen LogP contribution < -0.4 is 19.3 Å². The average Bonchev–Trinajstić information content (AvgIpc) is 3.21. The molecule has 2 aromatic rings. The Hall–Kier alpha value is -2.69. The number of benzene rings is 2. The maximum absolute atomic E-state index is 12.9. The van der Waals surface area contributed by atoms with Crippen LogP contribution in [-0.4, -0.2) is 40.3 Å². The molecule has 1 amide bonds. The molecule has 0 aromatic heterocycles. The second-order valence-electron chi connectivity index (χ2n) is 6.12. The van der Waals surface area contributed by atoms with Gasteiger partial charge in [-0.1, -0.05) is 6.07 Å². The molecule has 0 radical (unpaired) electrons. The van der Waals surface area contributed by atoms with E-state index in [9.17, 15) is 4.79 Å². The fourth-order valence-corrected chi connectivity index (χ4v) is 3.22. The predicted octanol–water partition coefficient (Wildman–Crippen LogP) is 3.58. The Balaban J connectivity index is 1.83. The SMILES string of the molecule is COc1cccc(C(=O)N(C)c2ccc(N3CCCC3)cc2)c1OC. The van der Waals surface area contributed by atoms with Crippen molar-refractivity contribution in [2.24, 2.45) is 0 Å². The summed E-state index contributed by atoms with van der Waals surface area (Å²) in [7, 11) is 4.87. The van der Waals surface area contributed by atoms with Crippen molar-refractivity contribution >= 4 is 17.3 Å². The summed E-state index contributed by atoms with van der Waals surface area (Å²) in [6.45, 7) is 2.21. The highest BCUT2D eigenvalue weighted by molar-refractivity contribution is 6.08. The Bertz CT molecular complexity index is 737. The first-order valence-electron chi connectivity index (χ1n) is 8.49. The summed E-state index contributed by atoms with van der Waals surface area (Å²) in [6, 6.07) is 13.4. The molecule has 1 saturated heterocycles. The van der Waals surface area contributed by atoms with Crippen LogP contribution in [0.25, 0.3) is 0 Å². The topological polar surface area (TPSA) is 42.0 Å². The number of anilines is 2. The number of nitrogens with zero attached hydrogens (tertiary/aromatic N) is 2. The van der Waals surface area contributed by atoms with E-state index in [0.29, 0.717) is 17.1 Å². The normalized spacial score (nSPS) is 13.6. The lowest BCUT2D eigenvalue weighted by Crippen LogP contribution is -2.27. The van der Waals surface area contributed by atoms with E-state index in [4.69, 9.17) is 9.47 Å². The van der Waals surface area contributed by atoms with Crippen molar-refractivity contribution in [2.75, 3.05) is 44.2 Å². The maximum atomic E-state index is 12.9. The van der Waals surface area contributed by atoms with E-state index in [1.807, 2.05) is 12.1 Å². The molecule has 0 saturated carbocycles. The van der Waals surface area contributed by atoms with Crippen LogP contribution in [0.1, 0.15) is 23.2 Å². The van der Waals surface area contributed by atoms with Crippen LogP contribution in [0.5, 0.6) is 11.5 Å². The molecule has 1 aliphatic heterocycles. The number of para-hydroxylation sites is 1. The number of amides is 1. The molecule has 0 atom stereocenters. The predicted molar refractivity (Wildman–Crippen MR) is 100 cm³/mol. The first-order valence-corrected chi connectivity index (χ1v) is 8.49. The van der Waals surface area contributed by atoms with Gasteiger partial charge in [-0.3, -0.25) is 4.79 Å². The number of ether oxygens (including phenoxy) is 2. The number of carbonyl (C=O) groups is 1. The minimum absolute atomic E-state index is 0.135. The van der Waals surface area contributed by atoms with Crippen molar-refractivity contribution in [3.05, 3.63) is 48.0 Å². The van der Waals surface area contributed by atoms with Crippen LogP contribution in [0, 0.1) is 0 Å². The van der Waals surface area contributed by atoms with Crippen LogP contribution in [0.15, 0.2) is 42.5 Å². The van der Waals surface area contributed by atoms with Gasteiger partial charge in [0, 0.05) is 31.5 Å². The maximum Gasteiger partial charge on any atom is 0.261 e. The Labute approximate surface area is 148 Å². The van der Waals surface area contributed by atoms with Crippen molar-refractivity contribution in [2.45, 2.75) is 12.8 Å². The van der Waals surface area contributed by atoms with Crippen LogP contribution in [0.2, 0.25) is 0 Å². The first-order chi connectivity index (χ1) is 12.2. The van der Waals surface area contributed by atoms with Gasteiger partial charge in [0.2, 0.25) is 0 Å². The molecule has 5 nitrogen and oxygen atoms in total. The molecular weight excluding hydrogens is 316 g/mol. The largest absolute Gasteiger partial charge is 0.493 e.